The van der Waals surface area contributed by atoms with Gasteiger partial charge in [0.2, 0.25) is 0 Å². The quantitative estimate of drug-likeness (QED) is 0.848. The van der Waals surface area contributed by atoms with Crippen molar-refractivity contribution >= 4 is 0 Å². The van der Waals surface area contributed by atoms with Gasteiger partial charge in [-0.15, -0.1) is 0 Å². The molecule has 2 aliphatic rings. The molecule has 3 heteroatoms. The molecule has 1 aromatic rings. The second-order valence-corrected chi connectivity index (χ2v) is 5.10. The number of rotatable bonds is 2. The van der Waals surface area contributed by atoms with Gasteiger partial charge in [-0.1, -0.05) is 12.1 Å². The number of ether oxygens (including phenoxy) is 2. The van der Waals surface area contributed by atoms with E-state index in [9.17, 15) is 0 Å². The van der Waals surface area contributed by atoms with Gasteiger partial charge < -0.3 is 14.8 Å². The Kier molecular flexibility index (Phi) is 2.81. The van der Waals surface area contributed by atoms with E-state index in [1.807, 2.05) is 6.07 Å². The monoisotopic (exact) mass is 233 g/mol. The van der Waals surface area contributed by atoms with Crippen molar-refractivity contribution in [2.45, 2.75) is 38.6 Å². The van der Waals surface area contributed by atoms with Crippen LogP contribution in [0.2, 0.25) is 0 Å². The van der Waals surface area contributed by atoms with Gasteiger partial charge in [0, 0.05) is 24.6 Å². The predicted octanol–water partition coefficient (Wildman–Crippen LogP) is 2.06. The second kappa shape index (κ2) is 4.31. The average Bonchev–Trinajstić information content (AvgIpc) is 2.76. The maximum Gasteiger partial charge on any atom is 0.125 e. The van der Waals surface area contributed by atoms with E-state index >= 15 is 0 Å². The number of nitrogens with one attached hydrogen (secondary N) is 1. The van der Waals surface area contributed by atoms with Crippen LogP contribution < -0.4 is 10.1 Å². The fraction of sp³-hybridized carbons (Fsp3) is 0.571. The van der Waals surface area contributed by atoms with Crippen molar-refractivity contribution in [3.05, 3.63) is 29.3 Å². The molecular formula is C14H19NO2. The Bertz CT molecular complexity index is 417. The zero-order chi connectivity index (χ0) is 11.8. The first-order valence-corrected chi connectivity index (χ1v) is 6.36. The zero-order valence-corrected chi connectivity index (χ0v) is 10.4. The van der Waals surface area contributed by atoms with Gasteiger partial charge in [-0.25, -0.2) is 0 Å². The van der Waals surface area contributed by atoms with Crippen LogP contribution in [0.5, 0.6) is 5.75 Å². The lowest BCUT2D eigenvalue weighted by Crippen LogP contribution is -2.27. The van der Waals surface area contributed by atoms with Crippen molar-refractivity contribution in [2.75, 3.05) is 13.1 Å². The van der Waals surface area contributed by atoms with E-state index in [2.05, 4.69) is 31.3 Å². The van der Waals surface area contributed by atoms with Gasteiger partial charge in [0.1, 0.15) is 5.75 Å². The first-order valence-electron chi connectivity index (χ1n) is 6.36. The number of fused-ring (bicyclic) bond motifs is 3. The molecular weight excluding hydrogens is 214 g/mol. The molecule has 2 unspecified atom stereocenters. The zero-order valence-electron chi connectivity index (χ0n) is 10.4. The first kappa shape index (κ1) is 11.1. The van der Waals surface area contributed by atoms with Crippen LogP contribution in [-0.4, -0.2) is 25.3 Å². The third kappa shape index (κ3) is 1.94. The Morgan fingerprint density at radius 2 is 2.24 bits per heavy atom. The first-order chi connectivity index (χ1) is 8.25. The van der Waals surface area contributed by atoms with Crippen molar-refractivity contribution in [3.8, 4) is 5.75 Å². The minimum Gasteiger partial charge on any atom is -0.491 e. The van der Waals surface area contributed by atoms with Gasteiger partial charge in [0.15, 0.2) is 0 Å². The third-order valence-electron chi connectivity index (χ3n) is 3.53. The van der Waals surface area contributed by atoms with Crippen LogP contribution in [0.1, 0.15) is 30.9 Å². The highest BCUT2D eigenvalue weighted by molar-refractivity contribution is 5.44. The molecule has 1 N–H and O–H groups in total. The minimum atomic E-state index is 0.209. The molecule has 1 fully saturated rings. The molecule has 0 saturated carbocycles. The Morgan fingerprint density at radius 3 is 3.06 bits per heavy atom. The van der Waals surface area contributed by atoms with Gasteiger partial charge >= 0.3 is 0 Å². The van der Waals surface area contributed by atoms with Crippen LogP contribution in [0.15, 0.2) is 18.2 Å². The molecule has 0 spiro atoms. The molecule has 0 bridgehead atoms. The van der Waals surface area contributed by atoms with Crippen molar-refractivity contribution in [3.63, 3.8) is 0 Å². The minimum absolute atomic E-state index is 0.209. The van der Waals surface area contributed by atoms with Crippen LogP contribution in [0.3, 0.4) is 0 Å². The van der Waals surface area contributed by atoms with Gasteiger partial charge in [0.05, 0.1) is 18.8 Å². The normalized spacial score (nSPS) is 26.8. The highest BCUT2D eigenvalue weighted by atomic mass is 16.5. The summed E-state index contributed by atoms with van der Waals surface area (Å²) in [6.45, 7) is 6.79. The van der Waals surface area contributed by atoms with E-state index in [1.165, 1.54) is 11.1 Å². The highest BCUT2D eigenvalue weighted by Crippen LogP contribution is 2.38. The largest absolute Gasteiger partial charge is 0.491 e. The standard InChI is InChI=1S/C14H19NO2/c1-9(2)17-13-5-3-4-10-11-6-15-7-14(11)16-8-12(10)13/h3-5,9,11,14-15H,6-8H2,1-2H3. The van der Waals surface area contributed by atoms with Crippen LogP contribution in [0, 0.1) is 0 Å². The molecule has 0 aromatic heterocycles. The Morgan fingerprint density at radius 1 is 1.35 bits per heavy atom. The highest BCUT2D eigenvalue weighted by Gasteiger charge is 2.35. The van der Waals surface area contributed by atoms with E-state index in [0.717, 1.165) is 18.8 Å². The van der Waals surface area contributed by atoms with Crippen LogP contribution in [0.25, 0.3) is 0 Å². The third-order valence-corrected chi connectivity index (χ3v) is 3.53. The molecule has 2 aliphatic heterocycles. The lowest BCUT2D eigenvalue weighted by Gasteiger charge is -2.29. The lowest BCUT2D eigenvalue weighted by atomic mass is 9.89. The summed E-state index contributed by atoms with van der Waals surface area (Å²) in [6, 6.07) is 6.36. The van der Waals surface area contributed by atoms with Crippen molar-refractivity contribution in [1.82, 2.24) is 5.32 Å². The number of hydrogen-bond donors (Lipinski definition) is 1. The Balaban J connectivity index is 1.97. The molecule has 2 atom stereocenters. The van der Waals surface area contributed by atoms with Gasteiger partial charge in [-0.2, -0.15) is 0 Å². The number of benzene rings is 1. The van der Waals surface area contributed by atoms with E-state index in [0.29, 0.717) is 18.6 Å². The van der Waals surface area contributed by atoms with E-state index in [1.54, 1.807) is 0 Å². The molecule has 1 saturated heterocycles. The van der Waals surface area contributed by atoms with Crippen LogP contribution in [-0.2, 0) is 11.3 Å². The van der Waals surface area contributed by atoms with Crippen molar-refractivity contribution in [2.24, 2.45) is 0 Å². The Labute approximate surface area is 102 Å². The molecule has 0 radical (unpaired) electrons. The lowest BCUT2D eigenvalue weighted by molar-refractivity contribution is 0.0277. The number of hydrogen-bond acceptors (Lipinski definition) is 3. The molecule has 0 aliphatic carbocycles. The summed E-state index contributed by atoms with van der Waals surface area (Å²) in [5.74, 6) is 1.48. The van der Waals surface area contributed by atoms with E-state index in [-0.39, 0.29) is 6.10 Å². The topological polar surface area (TPSA) is 30.5 Å². The molecule has 3 nitrogen and oxygen atoms in total. The summed E-state index contributed by atoms with van der Waals surface area (Å²) in [7, 11) is 0. The van der Waals surface area contributed by atoms with Gasteiger partial charge in [0.25, 0.3) is 0 Å². The molecule has 1 aromatic carbocycles. The maximum atomic E-state index is 5.91. The van der Waals surface area contributed by atoms with E-state index < -0.39 is 0 Å². The summed E-state index contributed by atoms with van der Waals surface area (Å²) in [5, 5.41) is 3.40. The molecule has 3 rings (SSSR count). The summed E-state index contributed by atoms with van der Waals surface area (Å²) in [5.41, 5.74) is 2.65. The maximum absolute atomic E-state index is 5.91. The Hall–Kier alpha value is -1.06. The van der Waals surface area contributed by atoms with Crippen LogP contribution >= 0.6 is 0 Å². The summed E-state index contributed by atoms with van der Waals surface area (Å²) in [6.07, 6.45) is 0.553. The second-order valence-electron chi connectivity index (χ2n) is 5.10. The molecule has 2 heterocycles. The van der Waals surface area contributed by atoms with Gasteiger partial charge in [-0.3, -0.25) is 0 Å². The summed E-state index contributed by atoms with van der Waals surface area (Å²) >= 11 is 0. The van der Waals surface area contributed by atoms with Crippen molar-refractivity contribution in [1.29, 1.82) is 0 Å². The van der Waals surface area contributed by atoms with E-state index in [4.69, 9.17) is 9.47 Å². The molecule has 0 amide bonds. The molecule has 92 valence electrons. The fourth-order valence-electron chi connectivity index (χ4n) is 2.78. The fourth-order valence-corrected chi connectivity index (χ4v) is 2.78. The van der Waals surface area contributed by atoms with Gasteiger partial charge in [-0.05, 0) is 25.5 Å². The summed E-state index contributed by atoms with van der Waals surface area (Å²) < 4.78 is 11.8. The summed E-state index contributed by atoms with van der Waals surface area (Å²) in [4.78, 5) is 0. The molecule has 17 heavy (non-hydrogen) atoms. The van der Waals surface area contributed by atoms with Crippen LogP contribution in [0.4, 0.5) is 0 Å². The predicted molar refractivity (Wildman–Crippen MR) is 66.4 cm³/mol. The SMILES string of the molecule is CC(C)Oc1cccc2c1COC1CNCC21. The smallest absolute Gasteiger partial charge is 0.125 e. The average molecular weight is 233 g/mol. The van der Waals surface area contributed by atoms with Crippen molar-refractivity contribution < 1.29 is 9.47 Å².